The van der Waals surface area contributed by atoms with Crippen molar-refractivity contribution in [2.24, 2.45) is 5.14 Å². The number of likely N-dealkylation sites (tertiary alicyclic amines) is 1. The van der Waals surface area contributed by atoms with Gasteiger partial charge in [-0.3, -0.25) is 4.79 Å². The van der Waals surface area contributed by atoms with Crippen LogP contribution in [-0.4, -0.2) is 31.8 Å². The number of amides is 1. The van der Waals surface area contributed by atoms with Crippen LogP contribution >= 0.6 is 11.3 Å². The molecule has 1 fully saturated rings. The Morgan fingerprint density at radius 1 is 1.32 bits per heavy atom. The Labute approximate surface area is 148 Å². The van der Waals surface area contributed by atoms with Gasteiger partial charge >= 0.3 is 0 Å². The maximum atomic E-state index is 13.9. The minimum Gasteiger partial charge on any atom is -0.335 e. The Bertz CT molecular complexity index is 912. The van der Waals surface area contributed by atoms with E-state index in [1.807, 2.05) is 0 Å². The zero-order chi connectivity index (χ0) is 18.2. The van der Waals surface area contributed by atoms with E-state index < -0.39 is 21.7 Å². The molecule has 1 atom stereocenters. The summed E-state index contributed by atoms with van der Waals surface area (Å²) in [5, 5.41) is 6.51. The van der Waals surface area contributed by atoms with Crippen LogP contribution in [0.5, 0.6) is 0 Å². The van der Waals surface area contributed by atoms with E-state index >= 15 is 0 Å². The number of carbonyl (C=O) groups excluding carboxylic acids is 1. The van der Waals surface area contributed by atoms with Gasteiger partial charge in [-0.05, 0) is 49.1 Å². The number of nitrogens with zero attached hydrogens (tertiary/aromatic N) is 1. The predicted octanol–water partition coefficient (Wildman–Crippen LogP) is 2.52. The molecule has 2 aromatic rings. The van der Waals surface area contributed by atoms with Crippen LogP contribution in [-0.2, 0) is 16.4 Å². The van der Waals surface area contributed by atoms with Gasteiger partial charge in [0.05, 0.1) is 5.56 Å². The van der Waals surface area contributed by atoms with Crippen LogP contribution in [0.3, 0.4) is 0 Å². The summed E-state index contributed by atoms with van der Waals surface area (Å²) < 4.78 is 49.8. The summed E-state index contributed by atoms with van der Waals surface area (Å²) >= 11 is 0.883. The highest BCUT2D eigenvalue weighted by atomic mass is 32.2. The molecular weight excluding hydrogens is 370 g/mol. The minimum atomic E-state index is -3.85. The molecule has 1 amide bonds. The van der Waals surface area contributed by atoms with E-state index in [-0.39, 0.29) is 33.7 Å². The normalized spacial score (nSPS) is 17.9. The van der Waals surface area contributed by atoms with Crippen molar-refractivity contribution in [3.05, 3.63) is 52.4 Å². The van der Waals surface area contributed by atoms with Crippen molar-refractivity contribution in [2.45, 2.75) is 29.5 Å². The van der Waals surface area contributed by atoms with E-state index in [1.54, 1.807) is 4.90 Å². The lowest BCUT2D eigenvalue weighted by molar-refractivity contribution is 0.0736. The smallest absolute Gasteiger partial charge is 0.255 e. The fourth-order valence-corrected chi connectivity index (χ4v) is 4.59. The fourth-order valence-electron chi connectivity index (χ4n) is 3.01. The lowest BCUT2D eigenvalue weighted by Crippen LogP contribution is -2.36. The highest BCUT2D eigenvalue weighted by Gasteiger charge is 2.31. The zero-order valence-electron chi connectivity index (χ0n) is 13.1. The van der Waals surface area contributed by atoms with Crippen LogP contribution in [0.1, 0.15) is 28.8 Å². The Morgan fingerprint density at radius 2 is 2.08 bits per heavy atom. The van der Waals surface area contributed by atoms with Gasteiger partial charge in [0.15, 0.2) is 0 Å². The quantitative estimate of drug-likeness (QED) is 0.877. The number of hydrogen-bond acceptors (Lipinski definition) is 4. The summed E-state index contributed by atoms with van der Waals surface area (Å²) in [5.41, 5.74) is 0.459. The predicted molar refractivity (Wildman–Crippen MR) is 89.8 cm³/mol. The molecule has 1 aliphatic heterocycles. The molecule has 1 aromatic carbocycles. The monoisotopic (exact) mass is 386 g/mol. The number of primary sulfonamides is 1. The molecule has 2 N–H and O–H groups in total. The molecule has 1 aliphatic rings. The molecule has 0 aliphatic carbocycles. The van der Waals surface area contributed by atoms with Gasteiger partial charge in [0.2, 0.25) is 10.0 Å². The van der Waals surface area contributed by atoms with Gasteiger partial charge < -0.3 is 4.90 Å². The molecule has 1 aromatic heterocycles. The van der Waals surface area contributed by atoms with Crippen molar-refractivity contribution in [1.29, 1.82) is 0 Å². The van der Waals surface area contributed by atoms with Gasteiger partial charge in [0.25, 0.3) is 5.91 Å². The van der Waals surface area contributed by atoms with Crippen molar-refractivity contribution < 1.29 is 22.0 Å². The van der Waals surface area contributed by atoms with E-state index in [2.05, 4.69) is 0 Å². The molecule has 0 unspecified atom stereocenters. The van der Waals surface area contributed by atoms with Crippen molar-refractivity contribution in [1.82, 2.24) is 4.90 Å². The Hall–Kier alpha value is -1.84. The van der Waals surface area contributed by atoms with Crippen LogP contribution in [0.15, 0.2) is 33.9 Å². The van der Waals surface area contributed by atoms with Gasteiger partial charge in [0.1, 0.15) is 15.8 Å². The minimum absolute atomic E-state index is 0.0808. The molecule has 0 saturated carbocycles. The SMILES string of the molecule is NS(=O)(=O)c1cc(C(=O)N2CCC[C@H]2Cc2cc(F)ccc2F)cs1. The third kappa shape index (κ3) is 3.88. The van der Waals surface area contributed by atoms with Gasteiger partial charge in [-0.25, -0.2) is 22.3 Å². The second kappa shape index (κ2) is 6.81. The van der Waals surface area contributed by atoms with E-state index in [9.17, 15) is 22.0 Å². The summed E-state index contributed by atoms with van der Waals surface area (Å²) in [5.74, 6) is -1.36. The first-order chi connectivity index (χ1) is 11.8. The van der Waals surface area contributed by atoms with Crippen LogP contribution < -0.4 is 5.14 Å². The molecule has 9 heteroatoms. The summed E-state index contributed by atoms with van der Waals surface area (Å²) in [6.07, 6.45) is 1.63. The second-order valence-electron chi connectivity index (χ2n) is 5.93. The first kappa shape index (κ1) is 18.0. The topological polar surface area (TPSA) is 80.5 Å². The van der Waals surface area contributed by atoms with Gasteiger partial charge in [0, 0.05) is 18.0 Å². The number of halogens is 2. The molecule has 0 radical (unpaired) electrons. The summed E-state index contributed by atoms with van der Waals surface area (Å²) in [6.45, 7) is 0.487. The molecule has 1 saturated heterocycles. The van der Waals surface area contributed by atoms with Crippen molar-refractivity contribution in [2.75, 3.05) is 6.54 Å². The Kier molecular flexibility index (Phi) is 4.90. The summed E-state index contributed by atoms with van der Waals surface area (Å²) in [7, 11) is -3.85. The molecular formula is C16H16F2N2O3S2. The molecule has 5 nitrogen and oxygen atoms in total. The van der Waals surface area contributed by atoms with E-state index in [1.165, 1.54) is 11.4 Å². The van der Waals surface area contributed by atoms with Crippen LogP contribution in [0.25, 0.3) is 0 Å². The van der Waals surface area contributed by atoms with Gasteiger partial charge in [-0.15, -0.1) is 11.3 Å². The second-order valence-corrected chi connectivity index (χ2v) is 8.63. The molecule has 25 heavy (non-hydrogen) atoms. The van der Waals surface area contributed by atoms with E-state index in [0.29, 0.717) is 13.0 Å². The fraction of sp³-hybridized carbons (Fsp3) is 0.312. The van der Waals surface area contributed by atoms with E-state index in [4.69, 9.17) is 5.14 Å². The largest absolute Gasteiger partial charge is 0.335 e. The highest BCUT2D eigenvalue weighted by Crippen LogP contribution is 2.27. The van der Waals surface area contributed by atoms with Crippen molar-refractivity contribution in [3.63, 3.8) is 0 Å². The molecule has 0 bridgehead atoms. The summed E-state index contributed by atoms with van der Waals surface area (Å²) in [4.78, 5) is 14.3. The first-order valence-corrected chi connectivity index (χ1v) is 10.0. The Morgan fingerprint density at radius 3 is 2.76 bits per heavy atom. The number of rotatable bonds is 4. The Balaban J connectivity index is 1.80. The number of benzene rings is 1. The van der Waals surface area contributed by atoms with Crippen LogP contribution in [0.2, 0.25) is 0 Å². The zero-order valence-corrected chi connectivity index (χ0v) is 14.7. The van der Waals surface area contributed by atoms with Gasteiger partial charge in [-0.2, -0.15) is 0 Å². The maximum absolute atomic E-state index is 13.9. The third-order valence-electron chi connectivity index (χ3n) is 4.20. The number of nitrogens with two attached hydrogens (primary N) is 1. The molecule has 2 heterocycles. The number of carbonyl (C=O) groups is 1. The molecule has 0 spiro atoms. The standard InChI is InChI=1S/C16H16F2N2O3S2/c17-12-3-4-14(18)10(6-12)7-13-2-1-5-20(13)16(21)11-8-15(24-9-11)25(19,22)23/h3-4,6,8-9,13H,1-2,5,7H2,(H2,19,22,23)/t13-/m0/s1. The maximum Gasteiger partial charge on any atom is 0.255 e. The van der Waals surface area contributed by atoms with Crippen molar-refractivity contribution >= 4 is 27.3 Å². The average molecular weight is 386 g/mol. The highest BCUT2D eigenvalue weighted by molar-refractivity contribution is 7.91. The van der Waals surface area contributed by atoms with Gasteiger partial charge in [-0.1, -0.05) is 0 Å². The van der Waals surface area contributed by atoms with Crippen molar-refractivity contribution in [3.8, 4) is 0 Å². The van der Waals surface area contributed by atoms with E-state index in [0.717, 1.165) is 36.0 Å². The van der Waals surface area contributed by atoms with Crippen LogP contribution in [0.4, 0.5) is 8.78 Å². The average Bonchev–Trinajstić information content (AvgIpc) is 3.19. The first-order valence-electron chi connectivity index (χ1n) is 7.62. The molecule has 3 rings (SSSR count). The summed E-state index contributed by atoms with van der Waals surface area (Å²) in [6, 6.07) is 4.25. The number of sulfonamides is 1. The number of hydrogen-bond donors (Lipinski definition) is 1. The number of thiophene rings is 1. The third-order valence-corrected chi connectivity index (χ3v) is 6.59. The molecule has 134 valence electrons. The lowest BCUT2D eigenvalue weighted by atomic mass is 10.0. The lowest BCUT2D eigenvalue weighted by Gasteiger charge is -2.24. The van der Waals surface area contributed by atoms with Crippen LogP contribution in [0, 0.1) is 11.6 Å².